The van der Waals surface area contributed by atoms with Crippen LogP contribution in [0.25, 0.3) is 0 Å². The van der Waals surface area contributed by atoms with Crippen molar-refractivity contribution in [2.24, 2.45) is 47.3 Å². The molecule has 0 unspecified atom stereocenters. The molecule has 4 rings (SSSR count). The standard InChI is InChI=1S/C32H56/c1-3-4-5-26-10-12-28(13-11-26)23-30-18-20-32(21-19-30)24-31-16-14-29(15-17-31)22-27-8-6-25(2)7-9-27/h3-4,25-32H,5-24H2,1-2H3/b4-3+. The third kappa shape index (κ3) is 7.91. The van der Waals surface area contributed by atoms with Gasteiger partial charge in [0.15, 0.2) is 0 Å². The van der Waals surface area contributed by atoms with E-state index >= 15 is 0 Å². The van der Waals surface area contributed by atoms with Crippen LogP contribution in [-0.2, 0) is 0 Å². The maximum absolute atomic E-state index is 2.46. The number of hydrogen-bond acceptors (Lipinski definition) is 0. The Balaban J connectivity index is 1.06. The fraction of sp³-hybridized carbons (Fsp3) is 0.938. The second-order valence-corrected chi connectivity index (χ2v) is 13.3. The van der Waals surface area contributed by atoms with E-state index in [0.29, 0.717) is 0 Å². The van der Waals surface area contributed by atoms with Gasteiger partial charge in [-0.3, -0.25) is 0 Å². The van der Waals surface area contributed by atoms with Crippen LogP contribution in [0.2, 0.25) is 0 Å². The van der Waals surface area contributed by atoms with Gasteiger partial charge in [-0.25, -0.2) is 0 Å². The van der Waals surface area contributed by atoms with E-state index in [1.807, 2.05) is 0 Å². The molecular weight excluding hydrogens is 384 g/mol. The summed E-state index contributed by atoms with van der Waals surface area (Å²) in [7, 11) is 0. The van der Waals surface area contributed by atoms with Gasteiger partial charge in [0.05, 0.1) is 0 Å². The highest BCUT2D eigenvalue weighted by atomic mass is 14.4. The van der Waals surface area contributed by atoms with Crippen LogP contribution in [0.3, 0.4) is 0 Å². The van der Waals surface area contributed by atoms with E-state index in [0.717, 1.165) is 47.3 Å². The molecule has 0 radical (unpaired) electrons. The maximum atomic E-state index is 2.46. The van der Waals surface area contributed by atoms with Crippen LogP contribution in [0.4, 0.5) is 0 Å². The first-order valence-electron chi connectivity index (χ1n) is 15.3. The number of rotatable bonds is 8. The van der Waals surface area contributed by atoms with Crippen LogP contribution >= 0.6 is 0 Å². The molecule has 0 atom stereocenters. The minimum absolute atomic E-state index is 1.000. The SMILES string of the molecule is C/C=C/CC1CCC(CC2CCC(CC3CCC(CC4CCC(C)CC4)CC3)CC2)CC1. The first-order chi connectivity index (χ1) is 15.7. The minimum Gasteiger partial charge on any atom is -0.0917 e. The van der Waals surface area contributed by atoms with E-state index in [2.05, 4.69) is 26.0 Å². The van der Waals surface area contributed by atoms with Gasteiger partial charge in [0.2, 0.25) is 0 Å². The lowest BCUT2D eigenvalue weighted by atomic mass is 9.69. The highest BCUT2D eigenvalue weighted by Crippen LogP contribution is 2.43. The average Bonchev–Trinajstić information content (AvgIpc) is 2.83. The van der Waals surface area contributed by atoms with Crippen molar-refractivity contribution in [3.63, 3.8) is 0 Å². The Labute approximate surface area is 201 Å². The van der Waals surface area contributed by atoms with Gasteiger partial charge in [-0.05, 0) is 92.8 Å². The first-order valence-corrected chi connectivity index (χ1v) is 15.3. The zero-order chi connectivity index (χ0) is 22.2. The predicted octanol–water partition coefficient (Wildman–Crippen LogP) is 10.4. The summed E-state index contributed by atoms with van der Waals surface area (Å²) in [5.74, 6) is 8.52. The van der Waals surface area contributed by atoms with Gasteiger partial charge in [0.25, 0.3) is 0 Å². The van der Waals surface area contributed by atoms with Crippen LogP contribution < -0.4 is 0 Å². The fourth-order valence-electron chi connectivity index (χ4n) is 8.42. The molecule has 32 heavy (non-hydrogen) atoms. The summed E-state index contributed by atoms with van der Waals surface area (Å²) >= 11 is 0. The third-order valence-electron chi connectivity index (χ3n) is 10.7. The van der Waals surface area contributed by atoms with Crippen molar-refractivity contribution in [1.29, 1.82) is 0 Å². The van der Waals surface area contributed by atoms with E-state index in [-0.39, 0.29) is 0 Å². The molecule has 4 aliphatic carbocycles. The van der Waals surface area contributed by atoms with Gasteiger partial charge in [-0.1, -0.05) is 109 Å². The zero-order valence-corrected chi connectivity index (χ0v) is 21.9. The second kappa shape index (κ2) is 13.0. The molecule has 0 amide bonds. The molecule has 0 aromatic rings. The summed E-state index contributed by atoms with van der Waals surface area (Å²) in [6, 6.07) is 0. The lowest BCUT2D eigenvalue weighted by molar-refractivity contribution is 0.153. The van der Waals surface area contributed by atoms with Crippen molar-refractivity contribution in [3.8, 4) is 0 Å². The third-order valence-corrected chi connectivity index (χ3v) is 10.7. The normalized spacial score (nSPS) is 41.7. The van der Waals surface area contributed by atoms with Gasteiger partial charge in [0, 0.05) is 0 Å². The Bertz CT molecular complexity index is 514. The van der Waals surface area contributed by atoms with Crippen LogP contribution in [0.1, 0.15) is 142 Å². The molecule has 184 valence electrons. The van der Waals surface area contributed by atoms with Gasteiger partial charge in [-0.15, -0.1) is 0 Å². The topological polar surface area (TPSA) is 0 Å². The van der Waals surface area contributed by atoms with Crippen molar-refractivity contribution >= 4 is 0 Å². The van der Waals surface area contributed by atoms with Crippen molar-refractivity contribution in [1.82, 2.24) is 0 Å². The molecule has 0 aromatic heterocycles. The molecule has 0 bridgehead atoms. The van der Waals surface area contributed by atoms with Gasteiger partial charge in [-0.2, -0.15) is 0 Å². The van der Waals surface area contributed by atoms with Crippen LogP contribution in [0.15, 0.2) is 12.2 Å². The summed E-state index contributed by atoms with van der Waals surface area (Å²) in [5.41, 5.74) is 0. The van der Waals surface area contributed by atoms with Gasteiger partial charge >= 0.3 is 0 Å². The Kier molecular flexibility index (Phi) is 10.1. The Morgan fingerprint density at radius 3 is 1.03 bits per heavy atom. The van der Waals surface area contributed by atoms with E-state index in [1.165, 1.54) is 44.9 Å². The van der Waals surface area contributed by atoms with Crippen molar-refractivity contribution in [2.45, 2.75) is 142 Å². The summed E-state index contributed by atoms with van der Waals surface area (Å²) in [5, 5.41) is 0. The molecule has 0 aromatic carbocycles. The highest BCUT2D eigenvalue weighted by Gasteiger charge is 2.30. The first kappa shape index (κ1) is 24.9. The van der Waals surface area contributed by atoms with Crippen molar-refractivity contribution in [2.75, 3.05) is 0 Å². The van der Waals surface area contributed by atoms with Crippen molar-refractivity contribution in [3.05, 3.63) is 12.2 Å². The molecule has 0 aliphatic heterocycles. The summed E-state index contributed by atoms with van der Waals surface area (Å²) in [6.45, 7) is 4.64. The Morgan fingerprint density at radius 1 is 0.438 bits per heavy atom. The Morgan fingerprint density at radius 2 is 0.719 bits per heavy atom. The smallest absolute Gasteiger partial charge is 0.0322 e. The van der Waals surface area contributed by atoms with Gasteiger partial charge in [0.1, 0.15) is 0 Å². The van der Waals surface area contributed by atoms with Crippen LogP contribution in [0.5, 0.6) is 0 Å². The maximum Gasteiger partial charge on any atom is -0.0322 e. The fourth-order valence-corrected chi connectivity index (χ4v) is 8.42. The summed E-state index contributed by atoms with van der Waals surface area (Å²) in [4.78, 5) is 0. The molecule has 4 aliphatic rings. The molecule has 0 heteroatoms. The zero-order valence-electron chi connectivity index (χ0n) is 21.9. The molecular formula is C32H56. The lowest BCUT2D eigenvalue weighted by Crippen LogP contribution is -2.24. The minimum atomic E-state index is 1.000. The lowest BCUT2D eigenvalue weighted by Gasteiger charge is -2.37. The molecule has 4 saturated carbocycles. The van der Waals surface area contributed by atoms with E-state index in [4.69, 9.17) is 0 Å². The summed E-state index contributed by atoms with van der Waals surface area (Å²) < 4.78 is 0. The van der Waals surface area contributed by atoms with Crippen LogP contribution in [0, 0.1) is 47.3 Å². The van der Waals surface area contributed by atoms with E-state index in [9.17, 15) is 0 Å². The van der Waals surface area contributed by atoms with Crippen LogP contribution in [-0.4, -0.2) is 0 Å². The number of allylic oxidation sites excluding steroid dienone is 2. The monoisotopic (exact) mass is 440 g/mol. The quantitative estimate of drug-likeness (QED) is 0.329. The molecule has 0 N–H and O–H groups in total. The number of hydrogen-bond donors (Lipinski definition) is 0. The van der Waals surface area contributed by atoms with Crippen molar-refractivity contribution < 1.29 is 0 Å². The molecule has 0 saturated heterocycles. The molecule has 4 fully saturated rings. The molecule has 0 spiro atoms. The molecule has 0 heterocycles. The predicted molar refractivity (Wildman–Crippen MR) is 141 cm³/mol. The second-order valence-electron chi connectivity index (χ2n) is 13.3. The highest BCUT2D eigenvalue weighted by molar-refractivity contribution is 4.85. The Hall–Kier alpha value is -0.260. The van der Waals surface area contributed by atoms with Gasteiger partial charge < -0.3 is 0 Å². The summed E-state index contributed by atoms with van der Waals surface area (Å²) in [6.07, 6.45) is 35.5. The van der Waals surface area contributed by atoms with E-state index in [1.54, 1.807) is 83.5 Å². The van der Waals surface area contributed by atoms with E-state index < -0.39 is 0 Å². The molecule has 0 nitrogen and oxygen atoms in total. The average molecular weight is 441 g/mol. The largest absolute Gasteiger partial charge is 0.0917 e.